The van der Waals surface area contributed by atoms with Crippen LogP contribution in [0.25, 0.3) is 52.5 Å². The predicted octanol–water partition coefficient (Wildman–Crippen LogP) is 26.4. The number of aryl methyl sites for hydroxylation is 4. The van der Waals surface area contributed by atoms with Gasteiger partial charge in [-0.1, -0.05) is 207 Å². The van der Waals surface area contributed by atoms with Crippen LogP contribution in [0.15, 0.2) is 70.3 Å². The minimum atomic E-state index is -0.0392. The molecule has 6 aromatic rings. The summed E-state index contributed by atoms with van der Waals surface area (Å²) in [6.07, 6.45) is 66.5. The molecule has 90 heavy (non-hydrogen) atoms. The molecular weight excluding hydrogens is 1270 g/mol. The van der Waals surface area contributed by atoms with Crippen LogP contribution >= 0.6 is 22.7 Å². The molecule has 0 amide bonds. The van der Waals surface area contributed by atoms with Crippen LogP contribution in [0.2, 0.25) is 0 Å². The van der Waals surface area contributed by atoms with E-state index in [0.717, 1.165) is 68.6 Å². The quantitative estimate of drug-likeness (QED) is 0.0282. The molecule has 0 saturated heterocycles. The van der Waals surface area contributed by atoms with Crippen LogP contribution in [0, 0.1) is 25.7 Å². The second-order valence-electron chi connectivity index (χ2n) is 27.6. The summed E-state index contributed by atoms with van der Waals surface area (Å²) in [6, 6.07) is 22.2. The molecule has 6 aromatic heterocycles. The van der Waals surface area contributed by atoms with E-state index >= 15 is 9.59 Å². The van der Waals surface area contributed by atoms with E-state index in [1.54, 1.807) is 0 Å². The normalized spacial score (nSPS) is 12.6. The topological polar surface area (TPSA) is 44.0 Å². The number of thiophene rings is 2. The van der Waals surface area contributed by atoms with Crippen molar-refractivity contribution in [2.45, 2.75) is 350 Å². The van der Waals surface area contributed by atoms with E-state index in [4.69, 9.17) is 0 Å². The molecule has 0 aliphatic heterocycles. The summed E-state index contributed by atoms with van der Waals surface area (Å²) in [5.74, 6) is 1.53. The first-order chi connectivity index (χ1) is 44.2. The second-order valence-corrected chi connectivity index (χ2v) is 35.0. The van der Waals surface area contributed by atoms with Crippen molar-refractivity contribution < 1.29 is 0 Å². The van der Waals surface area contributed by atoms with Gasteiger partial charge in [0.1, 0.15) is 0 Å². The van der Waals surface area contributed by atoms with Crippen molar-refractivity contribution in [3.63, 3.8) is 0 Å². The van der Waals surface area contributed by atoms with Gasteiger partial charge in [0.15, 0.2) is 0 Å². The van der Waals surface area contributed by atoms with E-state index in [9.17, 15) is 0 Å². The first kappa shape index (κ1) is 76.3. The molecule has 2 atom stereocenters. The van der Waals surface area contributed by atoms with Crippen molar-refractivity contribution in [2.24, 2.45) is 11.8 Å². The molecule has 2 unspecified atom stereocenters. The molecule has 0 aliphatic carbocycles. The summed E-state index contributed by atoms with van der Waals surface area (Å²) in [5, 5.41) is 0. The summed E-state index contributed by atoms with van der Waals surface area (Å²) < 4.78 is 9.29. The Balaban J connectivity index is 1.24. The van der Waals surface area contributed by atoms with E-state index in [0.29, 0.717) is 13.1 Å². The molecule has 0 fully saturated rings. The van der Waals surface area contributed by atoms with Crippen molar-refractivity contribution in [3.05, 3.63) is 100 Å². The van der Waals surface area contributed by atoms with Crippen molar-refractivity contribution in [2.75, 3.05) is 0 Å². The second kappa shape index (κ2) is 47.2. The number of nitrogens with zero attached hydrogens (tertiary/aromatic N) is 2. The van der Waals surface area contributed by atoms with Gasteiger partial charge in [0.05, 0.1) is 0 Å². The van der Waals surface area contributed by atoms with Gasteiger partial charge in [-0.25, -0.2) is 0 Å². The molecule has 0 aliphatic rings. The fraction of sp³-hybridized carbons (Fsp3) is 0.683. The summed E-state index contributed by atoms with van der Waals surface area (Å²) >= 11 is 3.74. The van der Waals surface area contributed by atoms with Crippen LogP contribution in [0.4, 0.5) is 0 Å². The third kappa shape index (κ3) is 29.1. The van der Waals surface area contributed by atoms with Crippen LogP contribution in [0.3, 0.4) is 0 Å². The Morgan fingerprint density at radius 1 is 0.356 bits per heavy atom. The van der Waals surface area contributed by atoms with Crippen molar-refractivity contribution in [3.8, 4) is 29.3 Å². The zero-order valence-electron chi connectivity index (χ0n) is 58.4. The first-order valence-corrected chi connectivity index (χ1v) is 43.1. The van der Waals surface area contributed by atoms with E-state index in [1.165, 1.54) is 298 Å². The Hall–Kier alpha value is -2.70. The molecule has 0 radical (unpaired) electrons. The summed E-state index contributed by atoms with van der Waals surface area (Å²) in [4.78, 5) is 36.1. The van der Waals surface area contributed by atoms with E-state index in [-0.39, 0.29) is 40.1 Å². The van der Waals surface area contributed by atoms with E-state index in [2.05, 4.69) is 123 Å². The van der Waals surface area contributed by atoms with Crippen LogP contribution in [0.1, 0.15) is 342 Å². The molecule has 8 heteroatoms. The van der Waals surface area contributed by atoms with Gasteiger partial charge in [0.2, 0.25) is 0 Å². The van der Waals surface area contributed by atoms with Crippen LogP contribution in [-0.4, -0.2) is 38.1 Å². The Morgan fingerprint density at radius 2 is 0.678 bits per heavy atom. The fourth-order valence-electron chi connectivity index (χ4n) is 14.0. The van der Waals surface area contributed by atoms with Crippen LogP contribution < -0.4 is 11.1 Å². The van der Waals surface area contributed by atoms with Gasteiger partial charge >= 0.3 is 368 Å². The number of pyridine rings is 2. The minimum absolute atomic E-state index is 0.0392. The van der Waals surface area contributed by atoms with Crippen LogP contribution in [-0.2, 0) is 13.1 Å². The van der Waals surface area contributed by atoms with E-state index in [1.807, 2.05) is 22.7 Å². The molecule has 4 nitrogen and oxygen atoms in total. The Bertz CT molecular complexity index is 2940. The zero-order valence-corrected chi connectivity index (χ0v) is 63.4. The van der Waals surface area contributed by atoms with Gasteiger partial charge in [-0.15, -0.1) is 0 Å². The van der Waals surface area contributed by atoms with E-state index < -0.39 is 0 Å². The molecule has 0 saturated carbocycles. The van der Waals surface area contributed by atoms with Gasteiger partial charge in [0, 0.05) is 0 Å². The molecule has 0 N–H and O–H groups in total. The Morgan fingerprint density at radius 3 is 1.03 bits per heavy atom. The minimum Gasteiger partial charge on any atom is -0.0654 e. The van der Waals surface area contributed by atoms with Gasteiger partial charge in [0.25, 0.3) is 0 Å². The molecular formula is C82H128N2O2S2Se2. The third-order valence-corrected chi connectivity index (χ3v) is 26.6. The molecule has 0 bridgehead atoms. The van der Waals surface area contributed by atoms with Crippen LogP contribution in [0.5, 0.6) is 0 Å². The SMILES string of the molecule is CCCCCCCCCCCCC(CCCCCCCCCC)CCCCn1c(=O)c(-c2ccc(C)[se]2)cc2c1cc(-c1ccc(-c3ccc(/C=C/c4ccc(C)s4)s3)[se]1)c(=O)n2CCCCC(CCCCCCCCCC)CCCCCCCCCCCC. The van der Waals surface area contributed by atoms with Gasteiger partial charge < -0.3 is 0 Å². The summed E-state index contributed by atoms with van der Waals surface area (Å²) in [7, 11) is 0. The average Bonchev–Trinajstić information content (AvgIpc) is 1.66. The Labute approximate surface area is 571 Å². The third-order valence-electron chi connectivity index (χ3n) is 19.6. The fourth-order valence-corrected chi connectivity index (χ4v) is 19.9. The molecule has 0 aromatic carbocycles. The van der Waals surface area contributed by atoms with Gasteiger partial charge in [-0.3, -0.25) is 0 Å². The predicted molar refractivity (Wildman–Crippen MR) is 405 cm³/mol. The number of fused-ring (bicyclic) bond motifs is 1. The smallest absolute Gasteiger partial charge is 0.0654 e. The standard InChI is InChI=1S/C82H128N2O2S2Se2/c1-7-11-15-19-23-27-29-33-37-41-49-69(47-39-35-31-25-21-17-13-9-3)51-43-45-63-83-76-66-74(79-61-62-80(90-79)77-59-58-72(88-77)57-56-71-55-53-67(5)87-71)82(86)84(75(76)65-73(81(83)85)78-60-54-68(6)89-78)64-46-44-52-70(48-40-36-32-26-22-18-14-10-4)50-42-38-34-30-28-24-20-16-12-8-2/h53-62,65-66,69-70H,7-52,63-64H2,1-6H3/b57-56+. The van der Waals surface area contributed by atoms with Crippen molar-refractivity contribution >= 4 is 74.9 Å². The van der Waals surface area contributed by atoms with Crippen molar-refractivity contribution in [1.82, 2.24) is 9.13 Å². The number of aromatic nitrogens is 2. The average molecular weight is 1400 g/mol. The van der Waals surface area contributed by atoms with Gasteiger partial charge in [-0.05, 0) is 0 Å². The molecule has 502 valence electrons. The van der Waals surface area contributed by atoms with Crippen molar-refractivity contribution in [1.29, 1.82) is 0 Å². The molecule has 6 rings (SSSR count). The number of rotatable bonds is 55. The van der Waals surface area contributed by atoms with Gasteiger partial charge in [-0.2, -0.15) is 0 Å². The summed E-state index contributed by atoms with van der Waals surface area (Å²) in [5.41, 5.74) is 3.80. The maximum absolute atomic E-state index is 15.6. The maximum atomic E-state index is 15.6. The first-order valence-electron chi connectivity index (χ1n) is 38.1. The number of hydrogen-bond donors (Lipinski definition) is 0. The molecule has 6 heterocycles. The number of unbranched alkanes of at least 4 members (excludes halogenated alkanes) is 34. The Kier molecular flexibility index (Phi) is 40.1. The zero-order chi connectivity index (χ0) is 63.6. The number of hydrogen-bond acceptors (Lipinski definition) is 4. The molecule has 0 spiro atoms. The monoisotopic (exact) mass is 1400 g/mol. The summed E-state index contributed by atoms with van der Waals surface area (Å²) in [6.45, 7) is 15.0.